The molecule has 31 heavy (non-hydrogen) atoms. The van der Waals surface area contributed by atoms with E-state index in [9.17, 15) is 9.18 Å². The predicted molar refractivity (Wildman–Crippen MR) is 110 cm³/mol. The Morgan fingerprint density at radius 1 is 1.42 bits per heavy atom. The maximum absolute atomic E-state index is 14.3. The Morgan fingerprint density at radius 2 is 2.26 bits per heavy atom. The minimum atomic E-state index is -1.10. The van der Waals surface area contributed by atoms with E-state index in [1.165, 1.54) is 24.5 Å². The molecule has 2 atom stereocenters. The van der Waals surface area contributed by atoms with E-state index in [1.807, 2.05) is 12.1 Å². The molecule has 1 aliphatic heterocycles. The van der Waals surface area contributed by atoms with Gasteiger partial charge in [0.15, 0.2) is 5.82 Å². The Bertz CT molecular complexity index is 1160. The minimum absolute atomic E-state index is 0.140. The average molecular weight is 424 g/mol. The van der Waals surface area contributed by atoms with E-state index in [4.69, 9.17) is 16.1 Å². The van der Waals surface area contributed by atoms with Crippen molar-refractivity contribution in [1.82, 2.24) is 24.8 Å². The van der Waals surface area contributed by atoms with Gasteiger partial charge in [0.25, 0.3) is 0 Å². The zero-order chi connectivity index (χ0) is 22.0. The second-order valence-corrected chi connectivity index (χ2v) is 7.42. The number of aromatic nitrogens is 3. The van der Waals surface area contributed by atoms with E-state index in [2.05, 4.69) is 25.6 Å². The van der Waals surface area contributed by atoms with Crippen molar-refractivity contribution >= 4 is 23.1 Å². The number of fused-ring (bicyclic) bond motifs is 1. The zero-order valence-corrected chi connectivity index (χ0v) is 16.5. The molecule has 0 radical (unpaired) electrons. The molecule has 0 aliphatic carbocycles. The number of piperidine rings is 1. The smallest absolute Gasteiger partial charge is 0.404 e. The maximum Gasteiger partial charge on any atom is 0.404 e. The van der Waals surface area contributed by atoms with Crippen LogP contribution in [0.1, 0.15) is 17.5 Å². The lowest BCUT2D eigenvalue weighted by molar-refractivity contribution is 0.149. The van der Waals surface area contributed by atoms with Crippen LogP contribution in [0, 0.1) is 17.1 Å². The number of halogens is 1. The monoisotopic (exact) mass is 424 g/mol. The number of nitrogens with zero attached hydrogens (tertiary/aromatic N) is 5. The van der Waals surface area contributed by atoms with Gasteiger partial charge in [0.05, 0.1) is 23.4 Å². The van der Waals surface area contributed by atoms with Crippen LogP contribution in [0.4, 0.5) is 20.7 Å². The van der Waals surface area contributed by atoms with Crippen LogP contribution in [0.25, 0.3) is 5.52 Å². The fraction of sp³-hybridized carbons (Fsp3) is 0.300. The third-order valence-electron chi connectivity index (χ3n) is 5.34. The number of hydrogen-bond acceptors (Lipinski definition) is 7. The summed E-state index contributed by atoms with van der Waals surface area (Å²) in [6, 6.07) is 7.33. The van der Waals surface area contributed by atoms with E-state index in [1.54, 1.807) is 10.7 Å². The first kappa shape index (κ1) is 20.5. The molecular formula is C20H21FN8O2. The SMILES string of the molecule is N#Cc1ccc(F)c(Nc2ncnn3ccc(CN4CC[C@@H](N)[C@@H](NC(=O)O)C4)c23)c1. The number of likely N-dealkylation sites (tertiary alicyclic amines) is 1. The number of benzene rings is 1. The second kappa shape index (κ2) is 8.55. The Labute approximate surface area is 177 Å². The molecule has 2 aromatic heterocycles. The van der Waals surface area contributed by atoms with E-state index in [0.717, 1.165) is 5.56 Å². The molecule has 4 rings (SSSR count). The average Bonchev–Trinajstić information content (AvgIpc) is 3.15. The topological polar surface area (TPSA) is 145 Å². The summed E-state index contributed by atoms with van der Waals surface area (Å²) >= 11 is 0. The van der Waals surface area contributed by atoms with Crippen LogP contribution in [0.15, 0.2) is 36.8 Å². The lowest BCUT2D eigenvalue weighted by Crippen LogP contribution is -2.57. The summed E-state index contributed by atoms with van der Waals surface area (Å²) in [4.78, 5) is 17.4. The molecular weight excluding hydrogens is 403 g/mol. The van der Waals surface area contributed by atoms with E-state index < -0.39 is 11.9 Å². The minimum Gasteiger partial charge on any atom is -0.465 e. The Kier molecular flexibility index (Phi) is 5.66. The summed E-state index contributed by atoms with van der Waals surface area (Å²) in [5, 5.41) is 27.8. The second-order valence-electron chi connectivity index (χ2n) is 7.42. The molecule has 11 heteroatoms. The van der Waals surface area contributed by atoms with E-state index in [0.29, 0.717) is 43.0 Å². The summed E-state index contributed by atoms with van der Waals surface area (Å²) in [5.74, 6) is -0.102. The van der Waals surface area contributed by atoms with Crippen molar-refractivity contribution in [2.75, 3.05) is 18.4 Å². The van der Waals surface area contributed by atoms with Gasteiger partial charge in [-0.15, -0.1) is 0 Å². The van der Waals surface area contributed by atoms with Gasteiger partial charge in [-0.3, -0.25) is 4.90 Å². The number of amides is 1. The van der Waals surface area contributed by atoms with Crippen LogP contribution in [0.3, 0.4) is 0 Å². The molecule has 1 saturated heterocycles. The molecule has 160 valence electrons. The Hall–Kier alpha value is -3.75. The largest absolute Gasteiger partial charge is 0.465 e. The van der Waals surface area contributed by atoms with Gasteiger partial charge in [-0.05, 0) is 36.2 Å². The summed E-state index contributed by atoms with van der Waals surface area (Å²) in [5.41, 5.74) is 8.08. The molecule has 1 fully saturated rings. The highest BCUT2D eigenvalue weighted by atomic mass is 19.1. The molecule has 0 spiro atoms. The highest BCUT2D eigenvalue weighted by molar-refractivity contribution is 5.77. The van der Waals surface area contributed by atoms with Crippen molar-refractivity contribution < 1.29 is 14.3 Å². The van der Waals surface area contributed by atoms with Gasteiger partial charge in [-0.25, -0.2) is 18.7 Å². The molecule has 0 bridgehead atoms. The summed E-state index contributed by atoms with van der Waals surface area (Å²) in [6.07, 6.45) is 2.70. The van der Waals surface area contributed by atoms with Gasteiger partial charge in [0, 0.05) is 31.9 Å². The van der Waals surface area contributed by atoms with Gasteiger partial charge >= 0.3 is 6.09 Å². The van der Waals surface area contributed by atoms with Crippen LogP contribution in [0.2, 0.25) is 0 Å². The van der Waals surface area contributed by atoms with Crippen molar-refractivity contribution in [1.29, 1.82) is 5.26 Å². The normalized spacial score (nSPS) is 19.1. The number of hydrogen-bond donors (Lipinski definition) is 4. The van der Waals surface area contributed by atoms with Gasteiger partial charge in [-0.1, -0.05) is 0 Å². The quantitative estimate of drug-likeness (QED) is 0.484. The fourth-order valence-electron chi connectivity index (χ4n) is 3.79. The first-order chi connectivity index (χ1) is 14.9. The van der Waals surface area contributed by atoms with Crippen LogP contribution in [0.5, 0.6) is 0 Å². The van der Waals surface area contributed by atoms with Crippen LogP contribution < -0.4 is 16.4 Å². The number of nitrogens with one attached hydrogen (secondary N) is 2. The number of nitriles is 1. The van der Waals surface area contributed by atoms with E-state index >= 15 is 0 Å². The number of anilines is 2. The van der Waals surface area contributed by atoms with Crippen molar-refractivity contribution in [3.8, 4) is 6.07 Å². The molecule has 5 N–H and O–H groups in total. The molecule has 1 amide bonds. The number of carboxylic acid groups (broad SMARTS) is 1. The first-order valence-electron chi connectivity index (χ1n) is 9.70. The van der Waals surface area contributed by atoms with Gasteiger partial charge < -0.3 is 21.5 Å². The first-order valence-corrected chi connectivity index (χ1v) is 9.70. The molecule has 1 aromatic carbocycles. The molecule has 3 aromatic rings. The third kappa shape index (κ3) is 4.40. The van der Waals surface area contributed by atoms with Crippen LogP contribution in [-0.4, -0.2) is 55.9 Å². The third-order valence-corrected chi connectivity index (χ3v) is 5.34. The lowest BCUT2D eigenvalue weighted by Gasteiger charge is -2.36. The number of rotatable bonds is 5. The van der Waals surface area contributed by atoms with Gasteiger partial charge in [0.1, 0.15) is 17.7 Å². The Balaban J connectivity index is 1.60. The molecule has 0 saturated carbocycles. The van der Waals surface area contributed by atoms with Crippen LogP contribution >= 0.6 is 0 Å². The predicted octanol–water partition coefficient (Wildman–Crippen LogP) is 1.65. The fourth-order valence-corrected chi connectivity index (χ4v) is 3.79. The molecule has 1 aliphatic rings. The number of nitrogens with two attached hydrogens (primary N) is 1. The van der Waals surface area contributed by atoms with Crippen molar-refractivity contribution in [2.45, 2.75) is 25.0 Å². The van der Waals surface area contributed by atoms with Crippen LogP contribution in [-0.2, 0) is 6.54 Å². The highest BCUT2D eigenvalue weighted by Crippen LogP contribution is 2.26. The van der Waals surface area contributed by atoms with Crippen molar-refractivity contribution in [3.05, 3.63) is 53.7 Å². The Morgan fingerprint density at radius 3 is 3.03 bits per heavy atom. The lowest BCUT2D eigenvalue weighted by atomic mass is 10.00. The maximum atomic E-state index is 14.3. The zero-order valence-electron chi connectivity index (χ0n) is 16.5. The molecule has 3 heterocycles. The summed E-state index contributed by atoms with van der Waals surface area (Å²) in [6.45, 7) is 1.70. The van der Waals surface area contributed by atoms with Gasteiger partial charge in [-0.2, -0.15) is 10.4 Å². The molecule has 10 nitrogen and oxygen atoms in total. The standard InChI is InChI=1S/C20H21FN8O2/c21-14-2-1-12(8-22)7-16(14)26-19-18-13(3-6-29(18)25-11-24-19)9-28-5-4-15(23)17(10-28)27-20(30)31/h1-3,6-7,11,15,17,27H,4-5,9-10,23H2,(H,30,31)(H,24,25,26)/t15-,17+/m1/s1. The molecule has 0 unspecified atom stereocenters. The summed E-state index contributed by atoms with van der Waals surface area (Å²) < 4.78 is 15.9. The highest BCUT2D eigenvalue weighted by Gasteiger charge is 2.28. The van der Waals surface area contributed by atoms with Crippen molar-refractivity contribution in [2.24, 2.45) is 5.73 Å². The van der Waals surface area contributed by atoms with Gasteiger partial charge in [0.2, 0.25) is 0 Å². The van der Waals surface area contributed by atoms with E-state index in [-0.39, 0.29) is 17.8 Å². The summed E-state index contributed by atoms with van der Waals surface area (Å²) in [7, 11) is 0. The number of carbonyl (C=O) groups is 1. The van der Waals surface area contributed by atoms with Crippen molar-refractivity contribution in [3.63, 3.8) is 0 Å².